The first-order valence-corrected chi connectivity index (χ1v) is 6.36. The first-order valence-electron chi connectivity index (χ1n) is 5.19. The Balaban J connectivity index is 2.07. The van der Waals surface area contributed by atoms with Crippen LogP contribution >= 0.6 is 27.5 Å². The zero-order valence-electron chi connectivity index (χ0n) is 7.65. The van der Waals surface area contributed by atoms with E-state index in [0.717, 1.165) is 0 Å². The Morgan fingerprint density at radius 1 is 1.00 bits per heavy atom. The van der Waals surface area contributed by atoms with Crippen molar-refractivity contribution in [1.82, 2.24) is 0 Å². The maximum absolute atomic E-state index is 6.64. The van der Waals surface area contributed by atoms with Gasteiger partial charge in [-0.25, -0.2) is 0 Å². The fourth-order valence-electron chi connectivity index (χ4n) is 3.81. The van der Waals surface area contributed by atoms with E-state index < -0.39 is 0 Å². The minimum absolute atomic E-state index is 0.0764. The van der Waals surface area contributed by atoms with Gasteiger partial charge in [0.15, 0.2) is 0 Å². The van der Waals surface area contributed by atoms with Gasteiger partial charge in [-0.1, -0.05) is 40.9 Å². The standard InChI is InChI=1S/C11H14BrCl/c12-11(13)9-5-1-2-6-10(9,11)8-4-3-7-9/h1-2H,3-8H2/t9-,10+,11?. The van der Waals surface area contributed by atoms with Crippen LogP contribution in [0.15, 0.2) is 12.2 Å². The minimum Gasteiger partial charge on any atom is -0.105 e. The molecule has 0 aromatic carbocycles. The summed E-state index contributed by atoms with van der Waals surface area (Å²) in [4.78, 5) is 0. The Labute approximate surface area is 92.9 Å². The summed E-state index contributed by atoms with van der Waals surface area (Å²) >= 11 is 10.4. The SMILES string of the molecule is ClC1(Br)[C@@]23CC=CC[C@@]12CCCC3. The van der Waals surface area contributed by atoms with Gasteiger partial charge >= 0.3 is 0 Å². The first kappa shape index (κ1) is 8.79. The maximum atomic E-state index is 6.64. The number of alkyl halides is 2. The number of allylic oxidation sites excluding steroid dienone is 2. The molecule has 0 aromatic rings. The predicted molar refractivity (Wildman–Crippen MR) is 59.2 cm³/mol. The van der Waals surface area contributed by atoms with Crippen molar-refractivity contribution in [3.05, 3.63) is 12.2 Å². The molecule has 0 N–H and O–H groups in total. The van der Waals surface area contributed by atoms with Gasteiger partial charge in [0.2, 0.25) is 0 Å². The lowest BCUT2D eigenvalue weighted by Gasteiger charge is -2.30. The van der Waals surface area contributed by atoms with Crippen molar-refractivity contribution in [2.75, 3.05) is 0 Å². The van der Waals surface area contributed by atoms with Crippen LogP contribution in [0.4, 0.5) is 0 Å². The van der Waals surface area contributed by atoms with Crippen molar-refractivity contribution in [3.63, 3.8) is 0 Å². The average Bonchev–Trinajstić information content (AvgIpc) is 2.61. The average molecular weight is 262 g/mol. The Hall–Kier alpha value is 0.510. The summed E-state index contributed by atoms with van der Waals surface area (Å²) in [5.74, 6) is 0. The van der Waals surface area contributed by atoms with E-state index in [1.807, 2.05) is 0 Å². The van der Waals surface area contributed by atoms with Crippen molar-refractivity contribution in [2.45, 2.75) is 42.3 Å². The topological polar surface area (TPSA) is 0 Å². The van der Waals surface area contributed by atoms with Crippen LogP contribution in [0.25, 0.3) is 0 Å². The molecule has 72 valence electrons. The van der Waals surface area contributed by atoms with E-state index in [1.54, 1.807) is 0 Å². The molecule has 0 bridgehead atoms. The number of rotatable bonds is 0. The van der Waals surface area contributed by atoms with Crippen molar-refractivity contribution in [1.29, 1.82) is 0 Å². The molecule has 3 aliphatic rings. The van der Waals surface area contributed by atoms with E-state index in [4.69, 9.17) is 11.6 Å². The van der Waals surface area contributed by atoms with Crippen molar-refractivity contribution >= 4 is 27.5 Å². The van der Waals surface area contributed by atoms with Crippen LogP contribution in [-0.4, -0.2) is 3.78 Å². The van der Waals surface area contributed by atoms with Gasteiger partial charge in [0.05, 0.1) is 0 Å². The molecular weight excluding hydrogens is 247 g/mol. The van der Waals surface area contributed by atoms with Gasteiger partial charge in [0.1, 0.15) is 3.78 Å². The predicted octanol–water partition coefficient (Wildman–Crippen LogP) is 4.23. The third-order valence-electron chi connectivity index (χ3n) is 4.61. The van der Waals surface area contributed by atoms with Crippen molar-refractivity contribution < 1.29 is 0 Å². The second-order valence-electron chi connectivity index (χ2n) is 4.83. The Kier molecular flexibility index (Phi) is 1.59. The number of hydrogen-bond donors (Lipinski definition) is 0. The van der Waals surface area contributed by atoms with Crippen LogP contribution in [0, 0.1) is 10.8 Å². The van der Waals surface area contributed by atoms with E-state index in [2.05, 4.69) is 28.1 Å². The molecule has 0 saturated heterocycles. The van der Waals surface area contributed by atoms with E-state index >= 15 is 0 Å². The smallest absolute Gasteiger partial charge is 0.105 e. The molecule has 2 saturated carbocycles. The summed E-state index contributed by atoms with van der Waals surface area (Å²) in [6.07, 6.45) is 12.4. The molecule has 0 heterocycles. The molecule has 0 radical (unpaired) electrons. The van der Waals surface area contributed by atoms with E-state index in [1.165, 1.54) is 38.5 Å². The summed E-state index contributed by atoms with van der Waals surface area (Å²) in [6, 6.07) is 0. The molecule has 2 heteroatoms. The highest BCUT2D eigenvalue weighted by Crippen LogP contribution is 2.87. The zero-order chi connectivity index (χ0) is 9.16. The number of halogens is 2. The molecule has 3 aliphatic carbocycles. The second-order valence-corrected chi connectivity index (χ2v) is 7.04. The lowest BCUT2D eigenvalue weighted by atomic mass is 9.73. The molecular formula is C11H14BrCl. The summed E-state index contributed by atoms with van der Waals surface area (Å²) in [5.41, 5.74) is 0.823. The Morgan fingerprint density at radius 2 is 1.46 bits per heavy atom. The Bertz CT molecular complexity index is 258. The molecule has 0 spiro atoms. The van der Waals surface area contributed by atoms with Crippen molar-refractivity contribution in [2.24, 2.45) is 10.8 Å². The van der Waals surface area contributed by atoms with Gasteiger partial charge in [-0.15, -0.1) is 11.6 Å². The van der Waals surface area contributed by atoms with Gasteiger partial charge < -0.3 is 0 Å². The van der Waals surface area contributed by atoms with Crippen LogP contribution in [0.3, 0.4) is 0 Å². The summed E-state index contributed by atoms with van der Waals surface area (Å²) < 4.78 is -0.0764. The molecule has 3 rings (SSSR count). The fourth-order valence-corrected chi connectivity index (χ4v) is 5.85. The van der Waals surface area contributed by atoms with Gasteiger partial charge in [0, 0.05) is 10.8 Å². The largest absolute Gasteiger partial charge is 0.112 e. The molecule has 1 unspecified atom stereocenters. The highest BCUT2D eigenvalue weighted by Gasteiger charge is 2.84. The van der Waals surface area contributed by atoms with Crippen LogP contribution in [0.2, 0.25) is 0 Å². The zero-order valence-corrected chi connectivity index (χ0v) is 10.00. The van der Waals surface area contributed by atoms with Gasteiger partial charge in [-0.3, -0.25) is 0 Å². The summed E-state index contributed by atoms with van der Waals surface area (Å²) in [6.45, 7) is 0. The second kappa shape index (κ2) is 2.36. The fraction of sp³-hybridized carbons (Fsp3) is 0.818. The maximum Gasteiger partial charge on any atom is 0.112 e. The molecule has 0 amide bonds. The van der Waals surface area contributed by atoms with E-state index in [9.17, 15) is 0 Å². The molecule has 2 fully saturated rings. The normalized spacial score (nSPS) is 58.3. The van der Waals surface area contributed by atoms with Crippen molar-refractivity contribution in [3.8, 4) is 0 Å². The third kappa shape index (κ3) is 0.730. The van der Waals surface area contributed by atoms with Crippen LogP contribution in [0.1, 0.15) is 38.5 Å². The molecule has 3 atom stereocenters. The van der Waals surface area contributed by atoms with Crippen LogP contribution in [0.5, 0.6) is 0 Å². The van der Waals surface area contributed by atoms with Gasteiger partial charge in [0.25, 0.3) is 0 Å². The van der Waals surface area contributed by atoms with Gasteiger partial charge in [-0.2, -0.15) is 0 Å². The Morgan fingerprint density at radius 3 is 1.92 bits per heavy atom. The van der Waals surface area contributed by atoms with E-state index in [0.29, 0.717) is 10.8 Å². The monoisotopic (exact) mass is 260 g/mol. The number of hydrogen-bond acceptors (Lipinski definition) is 0. The first-order chi connectivity index (χ1) is 6.16. The highest BCUT2D eigenvalue weighted by atomic mass is 79.9. The molecule has 0 aliphatic heterocycles. The third-order valence-corrected chi connectivity index (χ3v) is 6.85. The molecule has 0 nitrogen and oxygen atoms in total. The van der Waals surface area contributed by atoms with E-state index in [-0.39, 0.29) is 3.78 Å². The minimum atomic E-state index is -0.0764. The molecule has 13 heavy (non-hydrogen) atoms. The quantitative estimate of drug-likeness (QED) is 0.452. The van der Waals surface area contributed by atoms with Crippen LogP contribution in [-0.2, 0) is 0 Å². The summed E-state index contributed by atoms with van der Waals surface area (Å²) in [7, 11) is 0. The van der Waals surface area contributed by atoms with Gasteiger partial charge in [-0.05, 0) is 25.7 Å². The lowest BCUT2D eigenvalue weighted by Crippen LogP contribution is -2.20. The molecule has 0 aromatic heterocycles. The summed E-state index contributed by atoms with van der Waals surface area (Å²) in [5, 5.41) is 0. The van der Waals surface area contributed by atoms with Crippen LogP contribution < -0.4 is 0 Å². The lowest BCUT2D eigenvalue weighted by molar-refractivity contribution is 0.231. The highest BCUT2D eigenvalue weighted by molar-refractivity contribution is 9.10.